The van der Waals surface area contributed by atoms with Gasteiger partial charge in [-0.2, -0.15) is 0 Å². The van der Waals surface area contributed by atoms with Crippen molar-refractivity contribution >= 4 is 40.2 Å². The molecule has 1 aromatic heterocycles. The van der Waals surface area contributed by atoms with Crippen LogP contribution in [0.3, 0.4) is 0 Å². The summed E-state index contributed by atoms with van der Waals surface area (Å²) in [4.78, 5) is 33.6. The molecule has 0 bridgehead atoms. The molecular formula is C29H38N4O3S. The van der Waals surface area contributed by atoms with Gasteiger partial charge in [-0.25, -0.2) is 4.99 Å². The van der Waals surface area contributed by atoms with E-state index in [9.17, 15) is 14.7 Å². The zero-order valence-electron chi connectivity index (χ0n) is 22.2. The summed E-state index contributed by atoms with van der Waals surface area (Å²) in [6.07, 6.45) is 8.36. The van der Waals surface area contributed by atoms with Crippen LogP contribution in [0.4, 0.5) is 0 Å². The van der Waals surface area contributed by atoms with E-state index in [1.54, 1.807) is 0 Å². The lowest BCUT2D eigenvalue weighted by Gasteiger charge is -2.45. The number of fused-ring (bicyclic) bond motifs is 1. The molecule has 2 N–H and O–H groups in total. The van der Waals surface area contributed by atoms with E-state index in [1.165, 1.54) is 11.8 Å². The standard InChI is InChI=1S/C29H38N4O3S/c1-17-13-26(37-4)24(28(35)31-17)14-30-29(36)27-19(3)33(25-8-6-5-7-23(25)27)18(2)20-9-11-21(12-10-20)32-15-22(34)16-32/h5-8,13,18,20-22,24,34H,9-12,14-16H2,1-4H3,(H,30,36)/t18-,20?,21?,24?/m1/s1. The van der Waals surface area contributed by atoms with Crippen molar-refractivity contribution in [2.24, 2.45) is 16.8 Å². The Morgan fingerprint density at radius 3 is 2.57 bits per heavy atom. The molecule has 2 amide bonds. The topological polar surface area (TPSA) is 86.9 Å². The Hall–Kier alpha value is -2.42. The van der Waals surface area contributed by atoms with E-state index in [0.717, 1.165) is 60.3 Å². The molecule has 3 aliphatic rings. The maximum atomic E-state index is 13.6. The summed E-state index contributed by atoms with van der Waals surface area (Å²) < 4.78 is 2.36. The first-order chi connectivity index (χ1) is 17.8. The number of aliphatic hydroxyl groups excluding tert-OH is 1. The van der Waals surface area contributed by atoms with E-state index in [2.05, 4.69) is 32.8 Å². The van der Waals surface area contributed by atoms with Gasteiger partial charge in [0.25, 0.3) is 11.8 Å². The maximum absolute atomic E-state index is 13.6. The van der Waals surface area contributed by atoms with Crippen LogP contribution in [0.15, 0.2) is 40.2 Å². The number of hydrogen-bond donors (Lipinski definition) is 2. The Morgan fingerprint density at radius 2 is 1.89 bits per heavy atom. The van der Waals surface area contributed by atoms with Gasteiger partial charge in [0.1, 0.15) is 0 Å². The summed E-state index contributed by atoms with van der Waals surface area (Å²) in [6, 6.07) is 9.02. The molecular weight excluding hydrogens is 484 g/mol. The largest absolute Gasteiger partial charge is 0.390 e. The zero-order valence-corrected chi connectivity index (χ0v) is 23.1. The van der Waals surface area contributed by atoms with Gasteiger partial charge < -0.3 is 15.0 Å². The second-order valence-electron chi connectivity index (χ2n) is 10.9. The Morgan fingerprint density at radius 1 is 1.19 bits per heavy atom. The third-order valence-electron chi connectivity index (χ3n) is 8.60. The van der Waals surface area contributed by atoms with Crippen LogP contribution in [-0.4, -0.2) is 70.1 Å². The highest BCUT2D eigenvalue weighted by Gasteiger charge is 2.36. The SMILES string of the molecule is CSC1=CC(C)=NC(=O)C1CNC(=O)c1c(C)n([C@H](C)C2CCC(N3CC(O)C3)CC2)c2ccccc12. The molecule has 0 radical (unpaired) electrons. The lowest BCUT2D eigenvalue weighted by Crippen LogP contribution is -2.56. The molecule has 2 aliphatic heterocycles. The smallest absolute Gasteiger partial charge is 0.255 e. The summed E-state index contributed by atoms with van der Waals surface area (Å²) in [6.45, 7) is 8.03. The number of rotatable bonds is 7. The predicted octanol–water partition coefficient (Wildman–Crippen LogP) is 4.34. The molecule has 2 atom stereocenters. The van der Waals surface area contributed by atoms with Gasteiger partial charge in [-0.05, 0) is 70.8 Å². The van der Waals surface area contributed by atoms with Crippen LogP contribution < -0.4 is 5.32 Å². The first-order valence-corrected chi connectivity index (χ1v) is 14.7. The van der Waals surface area contributed by atoms with Crippen molar-refractivity contribution < 1.29 is 14.7 Å². The van der Waals surface area contributed by atoms with Crippen LogP contribution in [0.25, 0.3) is 10.9 Å². The van der Waals surface area contributed by atoms with Crippen molar-refractivity contribution in [2.45, 2.75) is 64.6 Å². The number of hydrogen-bond acceptors (Lipinski definition) is 5. The predicted molar refractivity (Wildman–Crippen MR) is 150 cm³/mol. The molecule has 37 heavy (non-hydrogen) atoms. The first-order valence-electron chi connectivity index (χ1n) is 13.4. The molecule has 1 aromatic carbocycles. The quantitative estimate of drug-likeness (QED) is 0.565. The van der Waals surface area contributed by atoms with Crippen molar-refractivity contribution in [1.29, 1.82) is 0 Å². The minimum absolute atomic E-state index is 0.140. The highest BCUT2D eigenvalue weighted by Crippen LogP contribution is 2.39. The number of thioether (sulfide) groups is 1. The fourth-order valence-electron chi connectivity index (χ4n) is 6.53. The maximum Gasteiger partial charge on any atom is 0.255 e. The molecule has 7 nitrogen and oxygen atoms in total. The Bertz CT molecular complexity index is 1250. The first kappa shape index (κ1) is 26.2. The Labute approximate surface area is 223 Å². The van der Waals surface area contributed by atoms with E-state index >= 15 is 0 Å². The van der Waals surface area contributed by atoms with Gasteiger partial charge in [-0.1, -0.05) is 18.2 Å². The Kier molecular flexibility index (Phi) is 7.61. The lowest BCUT2D eigenvalue weighted by molar-refractivity contribution is -0.120. The fraction of sp³-hybridized carbons (Fsp3) is 0.552. The van der Waals surface area contributed by atoms with Crippen molar-refractivity contribution in [3.05, 3.63) is 46.5 Å². The van der Waals surface area contributed by atoms with Crippen molar-refractivity contribution in [3.63, 3.8) is 0 Å². The van der Waals surface area contributed by atoms with E-state index in [0.29, 0.717) is 23.2 Å². The minimum atomic E-state index is -0.432. The highest BCUT2D eigenvalue weighted by molar-refractivity contribution is 8.02. The number of amides is 2. The number of nitrogens with one attached hydrogen (secondary N) is 1. The average molecular weight is 523 g/mol. The number of para-hydroxylation sites is 1. The molecule has 1 saturated heterocycles. The van der Waals surface area contributed by atoms with Crippen molar-refractivity contribution in [3.8, 4) is 0 Å². The van der Waals surface area contributed by atoms with Gasteiger partial charge in [0.2, 0.25) is 0 Å². The summed E-state index contributed by atoms with van der Waals surface area (Å²) in [7, 11) is 0. The van der Waals surface area contributed by atoms with Crippen LogP contribution >= 0.6 is 11.8 Å². The number of aliphatic imine (C=N–C) groups is 1. The van der Waals surface area contributed by atoms with Gasteiger partial charge >= 0.3 is 0 Å². The summed E-state index contributed by atoms with van der Waals surface area (Å²) in [5.74, 6) is -0.221. The van der Waals surface area contributed by atoms with Gasteiger partial charge in [0.15, 0.2) is 0 Å². The summed E-state index contributed by atoms with van der Waals surface area (Å²) in [5.41, 5.74) is 3.47. The molecule has 1 aliphatic carbocycles. The second kappa shape index (κ2) is 10.8. The highest BCUT2D eigenvalue weighted by atomic mass is 32.2. The molecule has 0 spiro atoms. The number of allylic oxidation sites excluding steroid dienone is 1. The van der Waals surface area contributed by atoms with Gasteiger partial charge in [0, 0.05) is 58.9 Å². The minimum Gasteiger partial charge on any atom is -0.390 e. The average Bonchev–Trinajstić information content (AvgIpc) is 3.17. The van der Waals surface area contributed by atoms with E-state index in [-0.39, 0.29) is 30.5 Å². The zero-order chi connectivity index (χ0) is 26.3. The summed E-state index contributed by atoms with van der Waals surface area (Å²) in [5, 5.41) is 13.7. The summed E-state index contributed by atoms with van der Waals surface area (Å²) >= 11 is 1.53. The normalized spacial score (nSPS) is 26.0. The molecule has 1 unspecified atom stereocenters. The van der Waals surface area contributed by atoms with Crippen LogP contribution in [0.2, 0.25) is 0 Å². The molecule has 2 fully saturated rings. The second-order valence-corrected chi connectivity index (χ2v) is 11.7. The van der Waals surface area contributed by atoms with E-state index in [4.69, 9.17) is 0 Å². The van der Waals surface area contributed by atoms with Crippen LogP contribution in [-0.2, 0) is 4.79 Å². The number of β-amino-alcohol motifs (C(OH)–C–C–N with tert-alkyl or cyclic N) is 1. The van der Waals surface area contributed by atoms with Crippen molar-refractivity contribution in [2.75, 3.05) is 25.9 Å². The number of carbonyl (C=O) groups is 2. The number of benzene rings is 1. The molecule has 8 heteroatoms. The molecule has 5 rings (SSSR count). The number of aliphatic hydroxyl groups is 1. The molecule has 3 heterocycles. The number of aromatic nitrogens is 1. The van der Waals surface area contributed by atoms with Gasteiger partial charge in [-0.15, -0.1) is 11.8 Å². The monoisotopic (exact) mass is 522 g/mol. The van der Waals surface area contributed by atoms with Gasteiger partial charge in [-0.3, -0.25) is 14.5 Å². The van der Waals surface area contributed by atoms with Crippen LogP contribution in [0.1, 0.15) is 61.6 Å². The lowest BCUT2D eigenvalue weighted by atomic mass is 9.80. The van der Waals surface area contributed by atoms with Crippen molar-refractivity contribution in [1.82, 2.24) is 14.8 Å². The molecule has 1 saturated carbocycles. The number of likely N-dealkylation sites (tertiary alicyclic amines) is 1. The van der Waals surface area contributed by atoms with E-state index < -0.39 is 5.92 Å². The number of nitrogens with zero attached hydrogens (tertiary/aromatic N) is 3. The number of dihydropyridines is 1. The number of carbonyl (C=O) groups excluding carboxylic acids is 2. The Balaban J connectivity index is 1.34. The fourth-order valence-corrected chi connectivity index (χ4v) is 7.29. The third-order valence-corrected chi connectivity index (χ3v) is 9.48. The third kappa shape index (κ3) is 5.03. The van der Waals surface area contributed by atoms with Crippen LogP contribution in [0.5, 0.6) is 0 Å². The van der Waals surface area contributed by atoms with E-state index in [1.807, 2.05) is 44.4 Å². The van der Waals surface area contributed by atoms with Crippen LogP contribution in [0, 0.1) is 18.8 Å². The molecule has 198 valence electrons. The molecule has 2 aromatic rings. The van der Waals surface area contributed by atoms with Gasteiger partial charge in [0.05, 0.1) is 17.6 Å².